The van der Waals surface area contributed by atoms with E-state index < -0.39 is 0 Å². The molecule has 0 spiro atoms. The Hall–Kier alpha value is -2.67. The minimum atomic E-state index is 0.262. The molecule has 2 unspecified atom stereocenters. The average Bonchev–Trinajstić information content (AvgIpc) is 3.22. The van der Waals surface area contributed by atoms with Crippen LogP contribution < -0.4 is 15.4 Å². The fourth-order valence-electron chi connectivity index (χ4n) is 2.83. The molecule has 1 saturated carbocycles. The van der Waals surface area contributed by atoms with Crippen LogP contribution in [0.2, 0.25) is 0 Å². The number of fused-ring (bicyclic) bond motifs is 1. The number of para-hydroxylation sites is 2. The first kappa shape index (κ1) is 14.9. The van der Waals surface area contributed by atoms with Crippen molar-refractivity contribution in [3.8, 4) is 5.75 Å². The molecule has 1 aliphatic carbocycles. The van der Waals surface area contributed by atoms with Crippen molar-refractivity contribution in [1.29, 1.82) is 0 Å². The molecule has 1 aliphatic rings. The molecule has 6 nitrogen and oxygen atoms in total. The maximum Gasteiger partial charge on any atom is 0.207 e. The van der Waals surface area contributed by atoms with Crippen LogP contribution in [0.5, 0.6) is 5.75 Å². The summed E-state index contributed by atoms with van der Waals surface area (Å²) in [5.41, 5.74) is 2.86. The van der Waals surface area contributed by atoms with E-state index in [1.807, 2.05) is 36.4 Å². The van der Waals surface area contributed by atoms with Crippen molar-refractivity contribution in [2.45, 2.75) is 18.4 Å². The molecule has 0 aliphatic heterocycles. The van der Waals surface area contributed by atoms with Gasteiger partial charge >= 0.3 is 0 Å². The number of thiocarbonyl (C=S) groups is 1. The summed E-state index contributed by atoms with van der Waals surface area (Å²) < 4.78 is 5.38. The Bertz CT molecular complexity index is 860. The fourth-order valence-corrected chi connectivity index (χ4v) is 3.08. The molecule has 7 heteroatoms. The van der Waals surface area contributed by atoms with Gasteiger partial charge in [-0.1, -0.05) is 12.1 Å². The average molecular weight is 339 g/mol. The van der Waals surface area contributed by atoms with Crippen LogP contribution in [0.15, 0.2) is 42.6 Å². The highest BCUT2D eigenvalue weighted by molar-refractivity contribution is 7.80. The van der Waals surface area contributed by atoms with Gasteiger partial charge in [0, 0.05) is 18.2 Å². The predicted octanol–water partition coefficient (Wildman–Crippen LogP) is 2.81. The van der Waals surface area contributed by atoms with Gasteiger partial charge in [0.05, 0.1) is 23.8 Å². The molecular weight excluding hydrogens is 322 g/mol. The molecule has 4 rings (SSSR count). The lowest BCUT2D eigenvalue weighted by Crippen LogP contribution is -2.31. The maximum atomic E-state index is 5.39. The van der Waals surface area contributed by atoms with Crippen LogP contribution in [0, 0.1) is 0 Å². The molecule has 3 aromatic rings. The van der Waals surface area contributed by atoms with E-state index in [9.17, 15) is 0 Å². The Morgan fingerprint density at radius 2 is 2.17 bits per heavy atom. The van der Waals surface area contributed by atoms with Gasteiger partial charge in [-0.3, -0.25) is 4.98 Å². The summed E-state index contributed by atoms with van der Waals surface area (Å²) in [5, 5.41) is 6.97. The lowest BCUT2D eigenvalue weighted by molar-refractivity contribution is 0.406. The highest BCUT2D eigenvalue weighted by atomic mass is 32.1. The van der Waals surface area contributed by atoms with E-state index in [-0.39, 0.29) is 6.04 Å². The van der Waals surface area contributed by atoms with Gasteiger partial charge < -0.3 is 20.4 Å². The molecule has 3 N–H and O–H groups in total. The highest BCUT2D eigenvalue weighted by Crippen LogP contribution is 2.43. The summed E-state index contributed by atoms with van der Waals surface area (Å²) in [4.78, 5) is 12.1. The number of pyridine rings is 1. The highest BCUT2D eigenvalue weighted by Gasteiger charge is 2.41. The zero-order valence-electron chi connectivity index (χ0n) is 13.1. The number of nitrogens with zero attached hydrogens (tertiary/aromatic N) is 2. The number of methoxy groups -OCH3 is 1. The van der Waals surface area contributed by atoms with Gasteiger partial charge in [0.1, 0.15) is 5.75 Å². The summed E-state index contributed by atoms with van der Waals surface area (Å²) in [6.45, 7) is 0. The molecule has 2 heterocycles. The van der Waals surface area contributed by atoms with Crippen LogP contribution in [0.1, 0.15) is 18.0 Å². The molecule has 1 fully saturated rings. The van der Waals surface area contributed by atoms with Crippen molar-refractivity contribution in [2.24, 2.45) is 0 Å². The Balaban J connectivity index is 1.39. The molecule has 0 radical (unpaired) electrons. The summed E-state index contributed by atoms with van der Waals surface area (Å²) in [6.07, 6.45) is 2.77. The first-order chi connectivity index (χ1) is 11.7. The lowest BCUT2D eigenvalue weighted by atomic mass is 10.2. The molecule has 0 bridgehead atoms. The van der Waals surface area contributed by atoms with E-state index >= 15 is 0 Å². The van der Waals surface area contributed by atoms with Crippen molar-refractivity contribution in [3.63, 3.8) is 0 Å². The number of imidazole rings is 1. The monoisotopic (exact) mass is 339 g/mol. The minimum Gasteiger partial charge on any atom is -0.495 e. The number of hydrogen-bond acceptors (Lipinski definition) is 4. The quantitative estimate of drug-likeness (QED) is 0.635. The largest absolute Gasteiger partial charge is 0.495 e. The third-order valence-electron chi connectivity index (χ3n) is 4.10. The van der Waals surface area contributed by atoms with E-state index in [1.165, 1.54) is 0 Å². The third kappa shape index (κ3) is 2.90. The second-order valence-corrected chi connectivity index (χ2v) is 6.15. The summed E-state index contributed by atoms with van der Waals surface area (Å²) in [5.74, 6) is 1.78. The Morgan fingerprint density at radius 3 is 3.00 bits per heavy atom. The predicted molar refractivity (Wildman–Crippen MR) is 97.4 cm³/mol. The van der Waals surface area contributed by atoms with Gasteiger partial charge in [0.15, 0.2) is 5.11 Å². The van der Waals surface area contributed by atoms with Crippen LogP contribution in [0.4, 0.5) is 5.95 Å². The van der Waals surface area contributed by atoms with Crippen molar-refractivity contribution >= 4 is 34.3 Å². The first-order valence-electron chi connectivity index (χ1n) is 7.76. The van der Waals surface area contributed by atoms with Crippen LogP contribution in [-0.4, -0.2) is 33.2 Å². The Labute approximate surface area is 144 Å². The minimum absolute atomic E-state index is 0.262. The number of H-pyrrole nitrogens is 1. The molecule has 0 saturated heterocycles. The topological polar surface area (TPSA) is 74.9 Å². The maximum absolute atomic E-state index is 5.39. The number of rotatable bonds is 4. The zero-order valence-corrected chi connectivity index (χ0v) is 13.9. The number of benzene rings is 1. The van der Waals surface area contributed by atoms with Crippen LogP contribution in [-0.2, 0) is 0 Å². The number of anilines is 1. The molecular formula is C17H17N5OS. The van der Waals surface area contributed by atoms with E-state index in [4.69, 9.17) is 17.0 Å². The molecule has 1 aromatic carbocycles. The van der Waals surface area contributed by atoms with Crippen LogP contribution >= 0.6 is 12.2 Å². The van der Waals surface area contributed by atoms with Crippen molar-refractivity contribution < 1.29 is 4.74 Å². The number of aromatic amines is 1. The van der Waals surface area contributed by atoms with Crippen molar-refractivity contribution in [2.75, 3.05) is 12.4 Å². The van der Waals surface area contributed by atoms with Crippen LogP contribution in [0.25, 0.3) is 11.0 Å². The van der Waals surface area contributed by atoms with Crippen LogP contribution in [0.3, 0.4) is 0 Å². The van der Waals surface area contributed by atoms with Gasteiger partial charge in [-0.25, -0.2) is 4.98 Å². The Kier molecular flexibility index (Phi) is 3.78. The smallest absolute Gasteiger partial charge is 0.207 e. The van der Waals surface area contributed by atoms with E-state index in [1.54, 1.807) is 13.3 Å². The molecule has 24 heavy (non-hydrogen) atoms. The van der Waals surface area contributed by atoms with E-state index in [0.717, 1.165) is 28.9 Å². The SMILES string of the molecule is COc1cccnc1C1CC1NC(=S)Nc1nc2ccccc2[nH]1. The third-order valence-corrected chi connectivity index (χ3v) is 4.32. The number of nitrogens with one attached hydrogen (secondary N) is 3. The number of ether oxygens (including phenoxy) is 1. The number of aromatic nitrogens is 3. The van der Waals surface area contributed by atoms with Gasteiger partial charge in [-0.15, -0.1) is 0 Å². The summed E-state index contributed by atoms with van der Waals surface area (Å²) in [7, 11) is 1.67. The van der Waals surface area contributed by atoms with Gasteiger partial charge in [-0.05, 0) is 42.9 Å². The lowest BCUT2D eigenvalue weighted by Gasteiger charge is -2.09. The summed E-state index contributed by atoms with van der Waals surface area (Å²) in [6, 6.07) is 11.9. The van der Waals surface area contributed by atoms with Gasteiger partial charge in [0.2, 0.25) is 5.95 Å². The fraction of sp³-hybridized carbons (Fsp3) is 0.235. The van der Waals surface area contributed by atoms with Crippen molar-refractivity contribution in [1.82, 2.24) is 20.3 Å². The standard InChI is InChI=1S/C17H17N5OS/c1-23-14-7-4-8-18-15(14)10-9-13(10)21-17(24)22-16-19-11-5-2-3-6-12(11)20-16/h2-8,10,13H,9H2,1H3,(H3,19,20,21,22,24). The second kappa shape index (κ2) is 6.09. The second-order valence-electron chi connectivity index (χ2n) is 5.74. The van der Waals surface area contributed by atoms with Gasteiger partial charge in [0.25, 0.3) is 0 Å². The molecule has 0 amide bonds. The normalized spacial score (nSPS) is 19.0. The number of hydrogen-bond donors (Lipinski definition) is 3. The molecule has 2 aromatic heterocycles. The Morgan fingerprint density at radius 1 is 1.29 bits per heavy atom. The first-order valence-corrected chi connectivity index (χ1v) is 8.16. The van der Waals surface area contributed by atoms with E-state index in [2.05, 4.69) is 25.6 Å². The van der Waals surface area contributed by atoms with Gasteiger partial charge in [-0.2, -0.15) is 0 Å². The molecule has 2 atom stereocenters. The van der Waals surface area contributed by atoms with Crippen molar-refractivity contribution in [3.05, 3.63) is 48.3 Å². The molecule has 122 valence electrons. The zero-order chi connectivity index (χ0) is 16.5. The van der Waals surface area contributed by atoms with E-state index in [0.29, 0.717) is 17.0 Å². The summed E-state index contributed by atoms with van der Waals surface area (Å²) >= 11 is 5.39.